The van der Waals surface area contributed by atoms with Gasteiger partial charge in [-0.15, -0.1) is 23.7 Å². The molecule has 3 aliphatic heterocycles. The molecule has 16 nitrogen and oxygen atoms in total. The molecule has 8 N–H and O–H groups in total. The number of anilines is 1. The number of nitrogens with one attached hydrogen (secondary N) is 3. The molecule has 69 heavy (non-hydrogen) atoms. The Bertz CT molecular complexity index is 2500. The number of carbonyl (C=O) groups excluding carboxylic acids is 6. The highest BCUT2D eigenvalue weighted by Gasteiger charge is 2.45. The summed E-state index contributed by atoms with van der Waals surface area (Å²) >= 11 is 1.57. The average Bonchev–Trinajstić information content (AvgIpc) is 4.02. The van der Waals surface area contributed by atoms with Gasteiger partial charge in [-0.2, -0.15) is 0 Å². The van der Waals surface area contributed by atoms with Crippen LogP contribution in [0.5, 0.6) is 5.75 Å². The van der Waals surface area contributed by atoms with Gasteiger partial charge >= 0.3 is 0 Å². The van der Waals surface area contributed by atoms with Crippen LogP contribution in [0.3, 0.4) is 0 Å². The molecule has 0 spiro atoms. The molecule has 3 aromatic carbocycles. The number of amides is 6. The first-order chi connectivity index (χ1) is 32.5. The van der Waals surface area contributed by atoms with Crippen molar-refractivity contribution in [3.8, 4) is 16.2 Å². The van der Waals surface area contributed by atoms with Crippen molar-refractivity contribution in [3.05, 3.63) is 100 Å². The first kappa shape index (κ1) is 52.5. The number of ether oxygens (including phenoxy) is 1. The van der Waals surface area contributed by atoms with Crippen molar-refractivity contribution in [2.45, 2.75) is 135 Å². The normalized spacial score (nSPS) is 19.4. The molecular formula is C51H65ClN8O8S. The quantitative estimate of drug-likeness (QED) is 0.0723. The van der Waals surface area contributed by atoms with Crippen LogP contribution in [0, 0.1) is 12.3 Å². The van der Waals surface area contributed by atoms with Gasteiger partial charge in [0.15, 0.2) is 0 Å². The highest BCUT2D eigenvalue weighted by molar-refractivity contribution is 7.13. The Morgan fingerprint density at radius 3 is 2.39 bits per heavy atom. The van der Waals surface area contributed by atoms with Crippen LogP contribution < -0.4 is 37.1 Å². The number of thiazole rings is 1. The smallest absolute Gasteiger partial charge is 0.246 e. The molecule has 0 saturated carbocycles. The molecule has 7 rings (SSSR count). The number of primary amides is 1. The van der Waals surface area contributed by atoms with E-state index in [1.54, 1.807) is 22.3 Å². The van der Waals surface area contributed by atoms with Gasteiger partial charge in [0.25, 0.3) is 0 Å². The number of aliphatic hydroxyl groups is 1. The number of halogens is 1. The first-order valence-corrected chi connectivity index (χ1v) is 24.4. The van der Waals surface area contributed by atoms with Crippen LogP contribution in [0.15, 0.2) is 72.2 Å². The molecule has 6 amide bonds. The summed E-state index contributed by atoms with van der Waals surface area (Å²) in [6.45, 7) is 7.83. The van der Waals surface area contributed by atoms with Gasteiger partial charge in [0, 0.05) is 38.8 Å². The van der Waals surface area contributed by atoms with E-state index < -0.39 is 53.5 Å². The van der Waals surface area contributed by atoms with Crippen LogP contribution in [-0.4, -0.2) is 99.9 Å². The van der Waals surface area contributed by atoms with Gasteiger partial charge in [0.1, 0.15) is 30.5 Å². The third kappa shape index (κ3) is 13.1. The van der Waals surface area contributed by atoms with Crippen molar-refractivity contribution in [2.24, 2.45) is 16.9 Å². The number of para-hydroxylation sites is 1. The number of aromatic nitrogens is 1. The number of carbonyl (C=O) groups is 6. The monoisotopic (exact) mass is 984 g/mol. The minimum atomic E-state index is -0.929. The SMILES string of the molecule is Cc1ncsc1-c1ccc(CNC(=O)[C@@H]2C[C@@H](O)CN2C(=O)[C@@H](NC(=O)CCCCc2cccc(OC[C@H](CCC(N)=O)NC(=O)[C@@H]3Cc4cccc5c4N3C(=O)[C@@H](N)CC5)c2)C(C)(C)C)cc1.Cl. The Hall–Kier alpha value is -5.88. The molecule has 0 bridgehead atoms. The predicted molar refractivity (Wildman–Crippen MR) is 266 cm³/mol. The second kappa shape index (κ2) is 23.2. The van der Waals surface area contributed by atoms with Gasteiger partial charge in [0.05, 0.1) is 40.0 Å². The number of hydrogen-bond donors (Lipinski definition) is 6. The number of rotatable bonds is 19. The van der Waals surface area contributed by atoms with Gasteiger partial charge in [-0.1, -0.05) is 75.4 Å². The Kier molecular flexibility index (Phi) is 17.6. The molecule has 0 aliphatic carbocycles. The summed E-state index contributed by atoms with van der Waals surface area (Å²) in [6.07, 6.45) is 3.00. The van der Waals surface area contributed by atoms with E-state index in [0.717, 1.165) is 44.1 Å². The van der Waals surface area contributed by atoms with Crippen molar-refractivity contribution in [1.29, 1.82) is 0 Å². The third-order valence-corrected chi connectivity index (χ3v) is 14.0. The van der Waals surface area contributed by atoms with Crippen molar-refractivity contribution in [3.63, 3.8) is 0 Å². The lowest BCUT2D eigenvalue weighted by atomic mass is 9.85. The number of benzene rings is 3. The minimum absolute atomic E-state index is 0. The van der Waals surface area contributed by atoms with Gasteiger partial charge < -0.3 is 42.2 Å². The van der Waals surface area contributed by atoms with E-state index in [0.29, 0.717) is 44.3 Å². The molecule has 18 heteroatoms. The number of hydrogen-bond acceptors (Lipinski definition) is 11. The standard InChI is InChI=1S/C51H64N8O8S.ClH/c1-30-45(68-29-55-30)34-17-15-32(16-18-34)26-54-47(63)40-25-37(60)27-58(40)50(66)46(51(2,3)4)57-43(62)14-6-5-9-31-10-7-13-38(23-31)67-28-36(20-22-42(53)61)56-48(64)41-24-35-12-8-11-33-19-21-39(52)49(65)59(41)44(33)35;/h7-8,10-13,15-18,23,29,36-37,39-41,46,60H,5-6,9,14,19-22,24-28,52H2,1-4H3,(H2,53,61)(H,54,63)(H,56,64)(H,57,62);1H/t36-,37+,39-,40-,41-,46+;/m0./s1. The maximum Gasteiger partial charge on any atom is 0.246 e. The highest BCUT2D eigenvalue weighted by Crippen LogP contribution is 2.39. The Balaban J connectivity index is 0.00000782. The lowest BCUT2D eigenvalue weighted by Crippen LogP contribution is -2.57. The summed E-state index contributed by atoms with van der Waals surface area (Å²) in [6, 6.07) is 17.3. The molecular weight excluding hydrogens is 920 g/mol. The molecule has 1 saturated heterocycles. The zero-order valence-electron chi connectivity index (χ0n) is 39.7. The minimum Gasteiger partial charge on any atom is -0.491 e. The van der Waals surface area contributed by atoms with Crippen molar-refractivity contribution >= 4 is 64.9 Å². The fraction of sp³-hybridized carbons (Fsp3) is 0.471. The molecule has 1 aromatic heterocycles. The maximum atomic E-state index is 14.1. The molecule has 4 aromatic rings. The van der Waals surface area contributed by atoms with Crippen LogP contribution in [0.4, 0.5) is 5.69 Å². The van der Waals surface area contributed by atoms with E-state index in [-0.39, 0.29) is 81.4 Å². The summed E-state index contributed by atoms with van der Waals surface area (Å²) in [5.41, 5.74) is 19.4. The summed E-state index contributed by atoms with van der Waals surface area (Å²) in [4.78, 5) is 88.4. The first-order valence-electron chi connectivity index (χ1n) is 23.5. The fourth-order valence-corrected chi connectivity index (χ4v) is 10.1. The van der Waals surface area contributed by atoms with Gasteiger partial charge in [0.2, 0.25) is 35.4 Å². The second-order valence-electron chi connectivity index (χ2n) is 19.3. The van der Waals surface area contributed by atoms with Crippen LogP contribution >= 0.6 is 23.7 Å². The molecule has 6 atom stereocenters. The Labute approximate surface area is 413 Å². The van der Waals surface area contributed by atoms with E-state index in [1.165, 1.54) is 4.90 Å². The molecule has 4 heterocycles. The van der Waals surface area contributed by atoms with Crippen molar-refractivity contribution in [2.75, 3.05) is 18.1 Å². The topological polar surface area (TPSA) is 239 Å². The number of nitrogens with two attached hydrogens (primary N) is 2. The fourth-order valence-electron chi connectivity index (χ4n) is 9.29. The van der Waals surface area contributed by atoms with Crippen LogP contribution in [0.1, 0.15) is 93.7 Å². The number of unbranched alkanes of at least 4 members (excludes halogenated alkanes) is 1. The summed E-state index contributed by atoms with van der Waals surface area (Å²) < 4.78 is 6.16. The van der Waals surface area contributed by atoms with E-state index in [2.05, 4.69) is 20.9 Å². The van der Waals surface area contributed by atoms with Crippen molar-refractivity contribution in [1.82, 2.24) is 25.8 Å². The van der Waals surface area contributed by atoms with E-state index in [9.17, 15) is 33.9 Å². The lowest BCUT2D eigenvalue weighted by Gasteiger charge is -2.35. The average molecular weight is 986 g/mol. The second-order valence-corrected chi connectivity index (χ2v) is 20.2. The number of aliphatic hydroxyl groups excluding tert-OH is 1. The molecule has 370 valence electrons. The molecule has 3 aliphatic rings. The summed E-state index contributed by atoms with van der Waals surface area (Å²) in [5, 5.41) is 19.5. The molecule has 0 radical (unpaired) electrons. The predicted octanol–water partition coefficient (Wildman–Crippen LogP) is 4.42. The summed E-state index contributed by atoms with van der Waals surface area (Å²) in [5.74, 6) is -1.67. The van der Waals surface area contributed by atoms with Gasteiger partial charge in [-0.25, -0.2) is 4.98 Å². The Morgan fingerprint density at radius 2 is 1.68 bits per heavy atom. The van der Waals surface area contributed by atoms with Crippen molar-refractivity contribution < 1.29 is 38.6 Å². The van der Waals surface area contributed by atoms with Gasteiger partial charge in [-0.05, 0) is 90.8 Å². The number of β-amino-alcohol motifs (C(OH)–C–C–N with tert-alkyl or cyclic N) is 1. The summed E-state index contributed by atoms with van der Waals surface area (Å²) in [7, 11) is 0. The third-order valence-electron chi connectivity index (χ3n) is 13.0. The highest BCUT2D eigenvalue weighted by atomic mass is 35.5. The molecule has 1 fully saturated rings. The number of aryl methyl sites for hydroxylation is 3. The van der Waals surface area contributed by atoms with Crippen LogP contribution in [0.2, 0.25) is 0 Å². The van der Waals surface area contributed by atoms with E-state index >= 15 is 0 Å². The number of nitrogens with zero attached hydrogens (tertiary/aromatic N) is 3. The molecule has 0 unspecified atom stereocenters. The number of likely N-dealkylation sites (tertiary alicyclic amines) is 1. The van der Waals surface area contributed by atoms with Crippen LogP contribution in [0.25, 0.3) is 10.4 Å². The van der Waals surface area contributed by atoms with Gasteiger partial charge in [-0.3, -0.25) is 33.7 Å². The zero-order chi connectivity index (χ0) is 48.7. The van der Waals surface area contributed by atoms with Crippen LogP contribution in [-0.2, 0) is 54.6 Å². The van der Waals surface area contributed by atoms with E-state index in [4.69, 9.17) is 16.2 Å². The Morgan fingerprint density at radius 1 is 0.942 bits per heavy atom. The lowest BCUT2D eigenvalue weighted by molar-refractivity contribution is -0.144. The largest absolute Gasteiger partial charge is 0.491 e. The maximum absolute atomic E-state index is 14.1. The van der Waals surface area contributed by atoms with E-state index in [1.807, 2.05) is 93.9 Å². The zero-order valence-corrected chi connectivity index (χ0v) is 41.3.